The normalized spacial score (nSPS) is 22.2. The number of nitrogens with one attached hydrogen (secondary N) is 2. The van der Waals surface area contributed by atoms with Crippen LogP contribution in [0, 0.1) is 5.92 Å². The van der Waals surface area contributed by atoms with Crippen molar-refractivity contribution in [2.75, 3.05) is 33.2 Å². The third-order valence-corrected chi connectivity index (χ3v) is 4.67. The molecule has 2 unspecified atom stereocenters. The van der Waals surface area contributed by atoms with Crippen LogP contribution in [0.4, 0.5) is 0 Å². The molecular weight excluding hydrogens is 320 g/mol. The Bertz CT molecular complexity index is 558. The van der Waals surface area contributed by atoms with Gasteiger partial charge in [-0.15, -0.1) is 6.58 Å². The molecule has 1 aromatic rings. The van der Waals surface area contributed by atoms with Gasteiger partial charge in [0.25, 0.3) is 0 Å². The molecular formula is C19H29ClN4. The van der Waals surface area contributed by atoms with Gasteiger partial charge in [0.15, 0.2) is 5.96 Å². The second kappa shape index (κ2) is 9.70. The minimum atomic E-state index is 0.364. The molecule has 0 bridgehead atoms. The summed E-state index contributed by atoms with van der Waals surface area (Å²) in [6.07, 6.45) is 4.24. The molecule has 0 amide bonds. The van der Waals surface area contributed by atoms with E-state index in [0.29, 0.717) is 18.5 Å². The Balaban J connectivity index is 2.14. The number of hydrogen-bond donors (Lipinski definition) is 2. The van der Waals surface area contributed by atoms with Crippen molar-refractivity contribution >= 4 is 17.6 Å². The maximum Gasteiger partial charge on any atom is 0.191 e. The first-order valence-electron chi connectivity index (χ1n) is 8.74. The van der Waals surface area contributed by atoms with E-state index in [0.717, 1.165) is 30.6 Å². The van der Waals surface area contributed by atoms with Gasteiger partial charge in [0.1, 0.15) is 0 Å². The van der Waals surface area contributed by atoms with Gasteiger partial charge >= 0.3 is 0 Å². The average Bonchev–Trinajstić information content (AvgIpc) is 2.57. The third kappa shape index (κ3) is 5.25. The Hall–Kier alpha value is -1.52. The van der Waals surface area contributed by atoms with Gasteiger partial charge in [-0.3, -0.25) is 9.89 Å². The van der Waals surface area contributed by atoms with Crippen LogP contribution in [0.2, 0.25) is 5.02 Å². The van der Waals surface area contributed by atoms with Crippen LogP contribution in [0.1, 0.15) is 31.4 Å². The molecule has 1 heterocycles. The monoisotopic (exact) mass is 348 g/mol. The highest BCUT2D eigenvalue weighted by molar-refractivity contribution is 6.30. The summed E-state index contributed by atoms with van der Waals surface area (Å²) in [4.78, 5) is 7.22. The number of nitrogens with zero attached hydrogens (tertiary/aromatic N) is 2. The van der Waals surface area contributed by atoms with E-state index in [1.54, 1.807) is 0 Å². The summed E-state index contributed by atoms with van der Waals surface area (Å²) in [5, 5.41) is 7.36. The van der Waals surface area contributed by atoms with Gasteiger partial charge < -0.3 is 10.6 Å². The Kier molecular flexibility index (Phi) is 7.60. The van der Waals surface area contributed by atoms with Gasteiger partial charge in [0.2, 0.25) is 0 Å². The van der Waals surface area contributed by atoms with Crippen LogP contribution in [0.25, 0.3) is 0 Å². The van der Waals surface area contributed by atoms with Crippen LogP contribution in [0.5, 0.6) is 0 Å². The summed E-state index contributed by atoms with van der Waals surface area (Å²) in [6.45, 7) is 9.31. The average molecular weight is 349 g/mol. The topological polar surface area (TPSA) is 39.7 Å². The second-order valence-electron chi connectivity index (χ2n) is 6.27. The zero-order valence-corrected chi connectivity index (χ0v) is 15.5. The van der Waals surface area contributed by atoms with E-state index in [1.807, 2.05) is 18.2 Å². The predicted octanol–water partition coefficient (Wildman–Crippen LogP) is 3.46. The Morgan fingerprint density at radius 2 is 2.29 bits per heavy atom. The van der Waals surface area contributed by atoms with E-state index in [-0.39, 0.29) is 0 Å². The number of aliphatic imine (C=N–C) groups is 1. The lowest BCUT2D eigenvalue weighted by Gasteiger charge is -2.39. The van der Waals surface area contributed by atoms with Gasteiger partial charge in [-0.2, -0.15) is 0 Å². The van der Waals surface area contributed by atoms with Gasteiger partial charge in [0.05, 0.1) is 0 Å². The molecule has 5 heteroatoms. The predicted molar refractivity (Wildman–Crippen MR) is 104 cm³/mol. The lowest BCUT2D eigenvalue weighted by molar-refractivity contribution is 0.125. The molecule has 1 saturated heterocycles. The van der Waals surface area contributed by atoms with Crippen LogP contribution in [0.3, 0.4) is 0 Å². The summed E-state index contributed by atoms with van der Waals surface area (Å²) in [5.41, 5.74) is 1.29. The highest BCUT2D eigenvalue weighted by Crippen LogP contribution is 2.36. The van der Waals surface area contributed by atoms with Gasteiger partial charge in [-0.05, 0) is 57.0 Å². The molecule has 0 saturated carbocycles. The highest BCUT2D eigenvalue weighted by Gasteiger charge is 2.30. The first-order chi connectivity index (χ1) is 11.7. The number of halogens is 1. The van der Waals surface area contributed by atoms with Crippen molar-refractivity contribution in [2.24, 2.45) is 10.9 Å². The molecule has 0 aromatic heterocycles. The molecule has 1 aliphatic rings. The SMILES string of the molecule is C=CCNC(=NCC1CCCN(C)C1c1cccc(Cl)c1)NCC. The molecule has 0 spiro atoms. The number of guanidine groups is 1. The van der Waals surface area contributed by atoms with E-state index < -0.39 is 0 Å². The van der Waals surface area contributed by atoms with E-state index in [1.165, 1.54) is 18.4 Å². The second-order valence-corrected chi connectivity index (χ2v) is 6.71. The van der Waals surface area contributed by atoms with Gasteiger partial charge in [-0.1, -0.05) is 29.8 Å². The molecule has 2 atom stereocenters. The van der Waals surface area contributed by atoms with Crippen molar-refractivity contribution in [3.8, 4) is 0 Å². The first kappa shape index (κ1) is 18.8. The minimum Gasteiger partial charge on any atom is -0.357 e. The maximum absolute atomic E-state index is 6.21. The van der Waals surface area contributed by atoms with E-state index in [2.05, 4.69) is 48.2 Å². The number of likely N-dealkylation sites (tertiary alicyclic amines) is 1. The fraction of sp³-hybridized carbons (Fsp3) is 0.526. The summed E-state index contributed by atoms with van der Waals surface area (Å²) < 4.78 is 0. The lowest BCUT2D eigenvalue weighted by Crippen LogP contribution is -2.40. The molecule has 4 nitrogen and oxygen atoms in total. The third-order valence-electron chi connectivity index (χ3n) is 4.44. The summed E-state index contributed by atoms with van der Waals surface area (Å²) in [7, 11) is 2.20. The molecule has 2 rings (SSSR count). The molecule has 132 valence electrons. The zero-order valence-electron chi connectivity index (χ0n) is 14.8. The standard InChI is InChI=1S/C19H29ClN4/c1-4-11-22-19(21-5-2)23-14-16-9-7-12-24(3)18(16)15-8-6-10-17(20)13-15/h4,6,8,10,13,16,18H,1,5,7,9,11-12,14H2,2-3H3,(H2,21,22,23). The summed E-state index contributed by atoms with van der Waals surface area (Å²) in [6, 6.07) is 8.60. The molecule has 0 aliphatic carbocycles. The maximum atomic E-state index is 6.21. The summed E-state index contributed by atoms with van der Waals surface area (Å²) >= 11 is 6.21. The van der Waals surface area contributed by atoms with E-state index in [4.69, 9.17) is 16.6 Å². The summed E-state index contributed by atoms with van der Waals surface area (Å²) in [5.74, 6) is 1.34. The molecule has 2 N–H and O–H groups in total. The van der Waals surface area contributed by atoms with Gasteiger partial charge in [-0.25, -0.2) is 0 Å². The van der Waals surface area contributed by atoms with Crippen molar-refractivity contribution in [3.05, 3.63) is 47.5 Å². The molecule has 24 heavy (non-hydrogen) atoms. The van der Waals surface area contributed by atoms with Crippen LogP contribution < -0.4 is 10.6 Å². The smallest absolute Gasteiger partial charge is 0.191 e. The van der Waals surface area contributed by atoms with Crippen molar-refractivity contribution in [2.45, 2.75) is 25.8 Å². The highest BCUT2D eigenvalue weighted by atomic mass is 35.5. The fourth-order valence-electron chi connectivity index (χ4n) is 3.39. The van der Waals surface area contributed by atoms with Crippen molar-refractivity contribution in [1.82, 2.24) is 15.5 Å². The van der Waals surface area contributed by atoms with Crippen molar-refractivity contribution in [3.63, 3.8) is 0 Å². The fourth-order valence-corrected chi connectivity index (χ4v) is 3.59. The van der Waals surface area contributed by atoms with E-state index >= 15 is 0 Å². The number of hydrogen-bond acceptors (Lipinski definition) is 2. The zero-order chi connectivity index (χ0) is 17.4. The Morgan fingerprint density at radius 1 is 1.46 bits per heavy atom. The minimum absolute atomic E-state index is 0.364. The molecule has 1 fully saturated rings. The lowest BCUT2D eigenvalue weighted by atomic mass is 9.85. The van der Waals surface area contributed by atoms with Crippen molar-refractivity contribution < 1.29 is 0 Å². The Labute approximate surface area is 151 Å². The number of piperidine rings is 1. The number of benzene rings is 1. The van der Waals surface area contributed by atoms with Crippen molar-refractivity contribution in [1.29, 1.82) is 0 Å². The Morgan fingerprint density at radius 3 is 3.00 bits per heavy atom. The molecule has 1 aromatic carbocycles. The van der Waals surface area contributed by atoms with Crippen LogP contribution >= 0.6 is 11.6 Å². The van der Waals surface area contributed by atoms with Crippen LogP contribution in [-0.4, -0.2) is 44.1 Å². The molecule has 0 radical (unpaired) electrons. The van der Waals surface area contributed by atoms with Crippen LogP contribution in [0.15, 0.2) is 41.9 Å². The first-order valence-corrected chi connectivity index (χ1v) is 9.12. The quantitative estimate of drug-likeness (QED) is 0.470. The largest absolute Gasteiger partial charge is 0.357 e. The van der Waals surface area contributed by atoms with E-state index in [9.17, 15) is 0 Å². The molecule has 1 aliphatic heterocycles. The van der Waals surface area contributed by atoms with Gasteiger partial charge in [0, 0.05) is 30.7 Å². The number of rotatable bonds is 6. The van der Waals surface area contributed by atoms with Crippen LogP contribution in [-0.2, 0) is 0 Å².